The van der Waals surface area contributed by atoms with Crippen molar-refractivity contribution in [1.82, 2.24) is 4.90 Å². The van der Waals surface area contributed by atoms with E-state index in [1.807, 2.05) is 0 Å². The van der Waals surface area contributed by atoms with E-state index in [4.69, 9.17) is 0 Å². The van der Waals surface area contributed by atoms with Gasteiger partial charge < -0.3 is 4.90 Å². The van der Waals surface area contributed by atoms with Crippen LogP contribution in [0.5, 0.6) is 0 Å². The highest BCUT2D eigenvalue weighted by Crippen LogP contribution is 2.21. The normalized spacial score (nSPS) is 12.9. The summed E-state index contributed by atoms with van der Waals surface area (Å²) >= 11 is 3.57. The van der Waals surface area contributed by atoms with Crippen molar-refractivity contribution in [3.05, 3.63) is 0 Å². The van der Waals surface area contributed by atoms with Crippen molar-refractivity contribution in [3.63, 3.8) is 0 Å². The molecule has 0 radical (unpaired) electrons. The molecule has 0 atom stereocenters. The van der Waals surface area contributed by atoms with Gasteiger partial charge in [-0.05, 0) is 25.3 Å². The van der Waals surface area contributed by atoms with Gasteiger partial charge in [0, 0.05) is 17.9 Å². The summed E-state index contributed by atoms with van der Waals surface area (Å²) in [6.07, 6.45) is 2.51. The second-order valence-electron chi connectivity index (χ2n) is 4.68. The van der Waals surface area contributed by atoms with Crippen LogP contribution in [-0.2, 0) is 0 Å². The van der Waals surface area contributed by atoms with E-state index in [-0.39, 0.29) is 0 Å². The van der Waals surface area contributed by atoms with Crippen LogP contribution in [0, 0.1) is 5.41 Å². The Morgan fingerprint density at radius 1 is 1.23 bits per heavy atom. The molecule has 13 heavy (non-hydrogen) atoms. The standard InChI is InChI=1S/C11H24BrN/c1-6-10(7-2)13(5)9-11(3,4)8-12/h10H,6-9H2,1-5H3. The zero-order valence-corrected chi connectivity index (χ0v) is 11.3. The van der Waals surface area contributed by atoms with Crippen molar-refractivity contribution in [2.45, 2.75) is 46.6 Å². The molecular formula is C11H24BrN. The zero-order chi connectivity index (χ0) is 10.5. The van der Waals surface area contributed by atoms with E-state index in [1.54, 1.807) is 0 Å². The summed E-state index contributed by atoms with van der Waals surface area (Å²) in [6.45, 7) is 10.3. The fourth-order valence-electron chi connectivity index (χ4n) is 1.76. The van der Waals surface area contributed by atoms with Crippen LogP contribution in [0.4, 0.5) is 0 Å². The highest BCUT2D eigenvalue weighted by atomic mass is 79.9. The fraction of sp³-hybridized carbons (Fsp3) is 1.00. The molecule has 0 bridgehead atoms. The van der Waals surface area contributed by atoms with Crippen molar-refractivity contribution >= 4 is 15.9 Å². The molecule has 0 aromatic heterocycles. The lowest BCUT2D eigenvalue weighted by molar-refractivity contribution is 0.167. The lowest BCUT2D eigenvalue weighted by Crippen LogP contribution is -2.38. The quantitative estimate of drug-likeness (QED) is 0.652. The van der Waals surface area contributed by atoms with Crippen molar-refractivity contribution in [1.29, 1.82) is 0 Å². The summed E-state index contributed by atoms with van der Waals surface area (Å²) in [5.74, 6) is 0. The highest BCUT2D eigenvalue weighted by molar-refractivity contribution is 9.09. The molecule has 0 unspecified atom stereocenters. The first-order chi connectivity index (χ1) is 5.96. The van der Waals surface area contributed by atoms with Crippen molar-refractivity contribution < 1.29 is 0 Å². The zero-order valence-electron chi connectivity index (χ0n) is 9.73. The molecular weight excluding hydrogens is 226 g/mol. The minimum absolute atomic E-state index is 0.386. The van der Waals surface area contributed by atoms with E-state index < -0.39 is 0 Å². The third-order valence-electron chi connectivity index (χ3n) is 2.61. The predicted octanol–water partition coefficient (Wildman–Crippen LogP) is 3.53. The Morgan fingerprint density at radius 3 is 2.00 bits per heavy atom. The van der Waals surface area contributed by atoms with Crippen LogP contribution in [0.15, 0.2) is 0 Å². The highest BCUT2D eigenvalue weighted by Gasteiger charge is 2.21. The SMILES string of the molecule is CCC(CC)N(C)CC(C)(C)CBr. The minimum Gasteiger partial charge on any atom is -0.303 e. The molecule has 0 heterocycles. The minimum atomic E-state index is 0.386. The molecule has 0 aliphatic heterocycles. The number of nitrogens with zero attached hydrogens (tertiary/aromatic N) is 1. The molecule has 1 nitrogen and oxygen atoms in total. The first kappa shape index (κ1) is 13.4. The maximum Gasteiger partial charge on any atom is 0.00949 e. The van der Waals surface area contributed by atoms with Crippen LogP contribution in [0.1, 0.15) is 40.5 Å². The summed E-state index contributed by atoms with van der Waals surface area (Å²) in [5, 5.41) is 1.07. The van der Waals surface area contributed by atoms with Crippen LogP contribution in [-0.4, -0.2) is 29.9 Å². The number of halogens is 1. The first-order valence-electron chi connectivity index (χ1n) is 5.23. The molecule has 0 saturated heterocycles. The average molecular weight is 250 g/mol. The van der Waals surface area contributed by atoms with Gasteiger partial charge in [0.15, 0.2) is 0 Å². The Bertz CT molecular complexity index is 130. The fourth-order valence-corrected chi connectivity index (χ4v) is 1.94. The molecule has 0 spiro atoms. The van der Waals surface area contributed by atoms with Gasteiger partial charge in [-0.3, -0.25) is 0 Å². The van der Waals surface area contributed by atoms with Gasteiger partial charge in [-0.15, -0.1) is 0 Å². The third-order valence-corrected chi connectivity index (χ3v) is 4.12. The molecule has 0 N–H and O–H groups in total. The molecule has 0 aromatic carbocycles. The topological polar surface area (TPSA) is 3.24 Å². The van der Waals surface area contributed by atoms with Crippen LogP contribution in [0.3, 0.4) is 0 Å². The molecule has 0 aliphatic rings. The van der Waals surface area contributed by atoms with Crippen LogP contribution in [0.2, 0.25) is 0 Å². The van der Waals surface area contributed by atoms with E-state index >= 15 is 0 Å². The largest absolute Gasteiger partial charge is 0.303 e. The molecule has 0 amide bonds. The number of hydrogen-bond donors (Lipinski definition) is 0. The van der Waals surface area contributed by atoms with E-state index in [2.05, 4.69) is 55.6 Å². The van der Waals surface area contributed by atoms with Gasteiger partial charge in [0.25, 0.3) is 0 Å². The molecule has 0 rings (SSSR count). The summed E-state index contributed by atoms with van der Waals surface area (Å²) in [4.78, 5) is 2.49. The Balaban J connectivity index is 4.04. The summed E-state index contributed by atoms with van der Waals surface area (Å²) < 4.78 is 0. The van der Waals surface area contributed by atoms with Gasteiger partial charge >= 0.3 is 0 Å². The molecule has 0 aromatic rings. The van der Waals surface area contributed by atoms with Gasteiger partial charge in [-0.25, -0.2) is 0 Å². The first-order valence-corrected chi connectivity index (χ1v) is 6.35. The van der Waals surface area contributed by atoms with E-state index in [0.29, 0.717) is 5.41 Å². The lowest BCUT2D eigenvalue weighted by Gasteiger charge is -2.33. The monoisotopic (exact) mass is 249 g/mol. The van der Waals surface area contributed by atoms with Crippen molar-refractivity contribution in [2.75, 3.05) is 18.9 Å². The second kappa shape index (κ2) is 6.02. The number of alkyl halides is 1. The average Bonchev–Trinajstić information content (AvgIpc) is 2.06. The molecule has 2 heteroatoms. The predicted molar refractivity (Wildman–Crippen MR) is 64.6 cm³/mol. The van der Waals surface area contributed by atoms with Crippen LogP contribution >= 0.6 is 15.9 Å². The lowest BCUT2D eigenvalue weighted by atomic mass is 9.95. The van der Waals surface area contributed by atoms with E-state index in [1.165, 1.54) is 19.4 Å². The molecule has 0 aliphatic carbocycles. The maximum atomic E-state index is 3.57. The Hall–Kier alpha value is 0.440. The van der Waals surface area contributed by atoms with Gasteiger partial charge in [-0.2, -0.15) is 0 Å². The second-order valence-corrected chi connectivity index (χ2v) is 5.24. The molecule has 0 fully saturated rings. The smallest absolute Gasteiger partial charge is 0.00949 e. The molecule has 0 saturated carbocycles. The summed E-state index contributed by atoms with van der Waals surface area (Å²) in [7, 11) is 2.24. The van der Waals surface area contributed by atoms with Gasteiger partial charge in [0.2, 0.25) is 0 Å². The van der Waals surface area contributed by atoms with Gasteiger partial charge in [0.05, 0.1) is 0 Å². The van der Waals surface area contributed by atoms with Crippen molar-refractivity contribution in [2.24, 2.45) is 5.41 Å². The third kappa shape index (κ3) is 5.02. The van der Waals surface area contributed by atoms with Gasteiger partial charge in [-0.1, -0.05) is 43.6 Å². The van der Waals surface area contributed by atoms with Crippen LogP contribution in [0.25, 0.3) is 0 Å². The van der Waals surface area contributed by atoms with E-state index in [9.17, 15) is 0 Å². The summed E-state index contributed by atoms with van der Waals surface area (Å²) in [6, 6.07) is 0.748. The maximum absolute atomic E-state index is 3.57. The number of rotatable bonds is 6. The Kier molecular flexibility index (Phi) is 6.23. The van der Waals surface area contributed by atoms with Crippen LogP contribution < -0.4 is 0 Å². The van der Waals surface area contributed by atoms with E-state index in [0.717, 1.165) is 11.4 Å². The Labute approximate surface area is 92.0 Å². The number of hydrogen-bond acceptors (Lipinski definition) is 1. The van der Waals surface area contributed by atoms with Gasteiger partial charge in [0.1, 0.15) is 0 Å². The Morgan fingerprint density at radius 2 is 1.69 bits per heavy atom. The molecule has 80 valence electrons. The van der Waals surface area contributed by atoms with Crippen molar-refractivity contribution in [3.8, 4) is 0 Å². The summed E-state index contributed by atoms with van der Waals surface area (Å²) in [5.41, 5.74) is 0.386.